The molecule has 1 aromatic carbocycles. The number of ether oxygens (including phenoxy) is 1. The molecule has 0 heterocycles. The lowest BCUT2D eigenvalue weighted by Crippen LogP contribution is -2.18. The van der Waals surface area contributed by atoms with E-state index in [1.54, 1.807) is 18.2 Å². The first kappa shape index (κ1) is 14.5. The van der Waals surface area contributed by atoms with Crippen LogP contribution in [0, 0.1) is 11.8 Å². The SMILES string of the molecule is CCOCC(=O)Nc1ccc(Cl)cc1C#CCO. The first-order chi connectivity index (χ1) is 8.67. The van der Waals surface area contributed by atoms with E-state index in [1.165, 1.54) is 0 Å². The van der Waals surface area contributed by atoms with E-state index in [1.807, 2.05) is 6.92 Å². The van der Waals surface area contributed by atoms with Crippen LogP contribution in [0.1, 0.15) is 12.5 Å². The molecule has 18 heavy (non-hydrogen) atoms. The van der Waals surface area contributed by atoms with Crippen LogP contribution < -0.4 is 5.32 Å². The van der Waals surface area contributed by atoms with E-state index in [-0.39, 0.29) is 19.1 Å². The number of carbonyl (C=O) groups excluding carboxylic acids is 1. The molecule has 0 spiro atoms. The third kappa shape index (κ3) is 4.76. The standard InChI is InChI=1S/C13H14ClNO3/c1-2-18-9-13(17)15-12-6-5-11(14)8-10(12)4-3-7-16/h5-6,8,16H,2,7,9H2,1H3,(H,15,17). The Morgan fingerprint density at radius 2 is 2.33 bits per heavy atom. The van der Waals surface area contributed by atoms with Crippen LogP contribution in [0.4, 0.5) is 5.69 Å². The molecular formula is C13H14ClNO3. The Morgan fingerprint density at radius 1 is 1.56 bits per heavy atom. The number of amides is 1. The summed E-state index contributed by atoms with van der Waals surface area (Å²) in [6.45, 7) is 2.03. The summed E-state index contributed by atoms with van der Waals surface area (Å²) in [5.74, 6) is 4.98. The van der Waals surface area contributed by atoms with Gasteiger partial charge in [-0.3, -0.25) is 4.79 Å². The fourth-order valence-corrected chi connectivity index (χ4v) is 1.42. The van der Waals surface area contributed by atoms with Gasteiger partial charge in [0.15, 0.2) is 0 Å². The second kappa shape index (κ2) is 7.72. The smallest absolute Gasteiger partial charge is 0.250 e. The lowest BCUT2D eigenvalue weighted by Gasteiger charge is -2.07. The van der Waals surface area contributed by atoms with Gasteiger partial charge in [-0.25, -0.2) is 0 Å². The van der Waals surface area contributed by atoms with Gasteiger partial charge in [0.1, 0.15) is 13.2 Å². The summed E-state index contributed by atoms with van der Waals surface area (Å²) in [6.07, 6.45) is 0. The zero-order valence-electron chi connectivity index (χ0n) is 10.00. The number of nitrogens with one attached hydrogen (secondary N) is 1. The van der Waals surface area contributed by atoms with Crippen LogP contribution in [-0.4, -0.2) is 30.8 Å². The number of rotatable bonds is 4. The molecule has 1 aromatic rings. The maximum Gasteiger partial charge on any atom is 0.250 e. The van der Waals surface area contributed by atoms with Gasteiger partial charge in [-0.1, -0.05) is 23.4 Å². The van der Waals surface area contributed by atoms with Gasteiger partial charge in [0.25, 0.3) is 0 Å². The Hall–Kier alpha value is -1.54. The van der Waals surface area contributed by atoms with Gasteiger partial charge in [0, 0.05) is 17.2 Å². The van der Waals surface area contributed by atoms with Crippen LogP contribution in [0.15, 0.2) is 18.2 Å². The zero-order valence-corrected chi connectivity index (χ0v) is 10.8. The van der Waals surface area contributed by atoms with E-state index in [0.717, 1.165) is 0 Å². The Bertz CT molecular complexity index is 477. The number of anilines is 1. The van der Waals surface area contributed by atoms with Crippen molar-refractivity contribution in [3.05, 3.63) is 28.8 Å². The number of hydrogen-bond donors (Lipinski definition) is 2. The fraction of sp³-hybridized carbons (Fsp3) is 0.308. The van der Waals surface area contributed by atoms with Crippen molar-refractivity contribution in [2.24, 2.45) is 0 Å². The van der Waals surface area contributed by atoms with Gasteiger partial charge in [-0.2, -0.15) is 0 Å². The molecule has 0 aromatic heterocycles. The van der Waals surface area contributed by atoms with E-state index in [9.17, 15) is 4.79 Å². The Balaban J connectivity index is 2.84. The minimum absolute atomic E-state index is 0.00794. The number of aliphatic hydroxyl groups excluding tert-OH is 1. The fourth-order valence-electron chi connectivity index (χ4n) is 1.24. The molecule has 0 radical (unpaired) electrons. The van der Waals surface area contributed by atoms with E-state index in [4.69, 9.17) is 21.4 Å². The molecule has 4 nitrogen and oxygen atoms in total. The Morgan fingerprint density at radius 3 is 3.00 bits per heavy atom. The van der Waals surface area contributed by atoms with Gasteiger partial charge in [0.2, 0.25) is 5.91 Å². The van der Waals surface area contributed by atoms with Crippen molar-refractivity contribution in [1.82, 2.24) is 0 Å². The molecule has 0 bridgehead atoms. The number of aliphatic hydroxyl groups is 1. The lowest BCUT2D eigenvalue weighted by molar-refractivity contribution is -0.120. The Kier molecular flexibility index (Phi) is 6.23. The van der Waals surface area contributed by atoms with Crippen molar-refractivity contribution in [3.8, 4) is 11.8 Å². The third-order valence-corrected chi connectivity index (χ3v) is 2.23. The summed E-state index contributed by atoms with van der Waals surface area (Å²) in [7, 11) is 0. The van der Waals surface area contributed by atoms with Gasteiger partial charge in [-0.05, 0) is 25.1 Å². The second-order valence-corrected chi connectivity index (χ2v) is 3.77. The number of benzene rings is 1. The third-order valence-electron chi connectivity index (χ3n) is 2.00. The quantitative estimate of drug-likeness (QED) is 0.816. The minimum atomic E-state index is -0.258. The maximum atomic E-state index is 11.5. The summed E-state index contributed by atoms with van der Waals surface area (Å²) in [4.78, 5) is 11.5. The number of carbonyl (C=O) groups is 1. The Labute approximate surface area is 111 Å². The highest BCUT2D eigenvalue weighted by Gasteiger charge is 2.06. The highest BCUT2D eigenvalue weighted by Crippen LogP contribution is 2.19. The summed E-state index contributed by atoms with van der Waals surface area (Å²) in [5, 5.41) is 11.9. The van der Waals surface area contributed by atoms with E-state index < -0.39 is 0 Å². The topological polar surface area (TPSA) is 58.6 Å². The minimum Gasteiger partial charge on any atom is -0.384 e. The molecule has 5 heteroatoms. The zero-order chi connectivity index (χ0) is 13.4. The summed E-state index contributed by atoms with van der Waals surface area (Å²) in [5.41, 5.74) is 1.10. The summed E-state index contributed by atoms with van der Waals surface area (Å²) < 4.78 is 5.00. The van der Waals surface area contributed by atoms with Gasteiger partial charge in [0.05, 0.1) is 5.69 Å². The van der Waals surface area contributed by atoms with Crippen molar-refractivity contribution < 1.29 is 14.6 Å². The summed E-state index contributed by atoms with van der Waals surface area (Å²) in [6, 6.07) is 4.94. The maximum absolute atomic E-state index is 11.5. The van der Waals surface area contributed by atoms with Gasteiger partial charge < -0.3 is 15.2 Å². The van der Waals surface area contributed by atoms with Crippen molar-refractivity contribution in [2.45, 2.75) is 6.92 Å². The molecule has 0 aliphatic rings. The predicted molar refractivity (Wildman–Crippen MR) is 70.5 cm³/mol. The molecule has 0 saturated heterocycles. The molecule has 0 unspecified atom stereocenters. The molecule has 2 N–H and O–H groups in total. The second-order valence-electron chi connectivity index (χ2n) is 3.34. The van der Waals surface area contributed by atoms with E-state index >= 15 is 0 Å². The average molecular weight is 268 g/mol. The summed E-state index contributed by atoms with van der Waals surface area (Å²) >= 11 is 5.85. The van der Waals surface area contributed by atoms with E-state index in [0.29, 0.717) is 22.9 Å². The highest BCUT2D eigenvalue weighted by atomic mass is 35.5. The van der Waals surface area contributed by atoms with Crippen LogP contribution in [-0.2, 0) is 9.53 Å². The van der Waals surface area contributed by atoms with Crippen molar-refractivity contribution in [3.63, 3.8) is 0 Å². The number of halogens is 1. The molecule has 0 atom stereocenters. The molecule has 0 saturated carbocycles. The van der Waals surface area contributed by atoms with Crippen molar-refractivity contribution in [1.29, 1.82) is 0 Å². The van der Waals surface area contributed by atoms with Crippen LogP contribution >= 0.6 is 11.6 Å². The molecule has 96 valence electrons. The van der Waals surface area contributed by atoms with Crippen LogP contribution in [0.25, 0.3) is 0 Å². The normalized spacial score (nSPS) is 9.50. The highest BCUT2D eigenvalue weighted by molar-refractivity contribution is 6.30. The lowest BCUT2D eigenvalue weighted by atomic mass is 10.2. The van der Waals surface area contributed by atoms with Crippen LogP contribution in [0.5, 0.6) is 0 Å². The first-order valence-electron chi connectivity index (χ1n) is 5.44. The van der Waals surface area contributed by atoms with Gasteiger partial charge in [-0.15, -0.1) is 0 Å². The molecule has 0 fully saturated rings. The largest absolute Gasteiger partial charge is 0.384 e. The molecule has 0 aliphatic carbocycles. The van der Waals surface area contributed by atoms with Crippen LogP contribution in [0.3, 0.4) is 0 Å². The number of hydrogen-bond acceptors (Lipinski definition) is 3. The average Bonchev–Trinajstić information content (AvgIpc) is 2.36. The molecule has 0 aliphatic heterocycles. The predicted octanol–water partition coefficient (Wildman–Crippen LogP) is 1.66. The van der Waals surface area contributed by atoms with Crippen LogP contribution in [0.2, 0.25) is 5.02 Å². The van der Waals surface area contributed by atoms with Crippen molar-refractivity contribution >= 4 is 23.2 Å². The molecular weight excluding hydrogens is 254 g/mol. The van der Waals surface area contributed by atoms with Crippen molar-refractivity contribution in [2.75, 3.05) is 25.1 Å². The molecule has 1 amide bonds. The first-order valence-corrected chi connectivity index (χ1v) is 5.82. The van der Waals surface area contributed by atoms with E-state index in [2.05, 4.69) is 17.2 Å². The van der Waals surface area contributed by atoms with Gasteiger partial charge >= 0.3 is 0 Å². The molecule has 1 rings (SSSR count). The monoisotopic (exact) mass is 267 g/mol.